The lowest BCUT2D eigenvalue weighted by Crippen LogP contribution is -2.23. The number of ether oxygens (including phenoxy) is 1. The highest BCUT2D eigenvalue weighted by Gasteiger charge is 2.15. The molecule has 0 heterocycles. The zero-order chi connectivity index (χ0) is 12.8. The Labute approximate surface area is 95.7 Å². The number of carbonyl (C=O) groups is 1. The fraction of sp³-hybridized carbons (Fsp3) is 0.889. The Balaban J connectivity index is 3.79. The lowest BCUT2D eigenvalue weighted by molar-refractivity contribution is -0.147. The maximum atomic E-state index is 11.1. The average molecular weight is 254 g/mol. The SMILES string of the molecule is CC(C)COC(=O)CC(O)COS(C)(=O)=O. The molecule has 1 atom stereocenters. The first-order chi connectivity index (χ1) is 7.20. The molecule has 16 heavy (non-hydrogen) atoms. The standard InChI is InChI=1S/C9H18O6S/c1-7(2)5-14-9(11)4-8(10)6-15-16(3,12)13/h7-8,10H,4-6H2,1-3H3. The fourth-order valence-electron chi connectivity index (χ4n) is 0.772. The molecule has 0 aliphatic rings. The fourth-order valence-corrected chi connectivity index (χ4v) is 1.18. The Kier molecular flexibility index (Phi) is 6.54. The number of esters is 1. The molecule has 1 N–H and O–H groups in total. The van der Waals surface area contributed by atoms with Crippen LogP contribution >= 0.6 is 0 Å². The topological polar surface area (TPSA) is 89.9 Å². The molecule has 6 nitrogen and oxygen atoms in total. The molecule has 0 saturated heterocycles. The third-order valence-corrected chi connectivity index (χ3v) is 2.02. The highest BCUT2D eigenvalue weighted by atomic mass is 32.2. The van der Waals surface area contributed by atoms with Crippen molar-refractivity contribution in [3.05, 3.63) is 0 Å². The first-order valence-electron chi connectivity index (χ1n) is 4.89. The van der Waals surface area contributed by atoms with Crippen molar-refractivity contribution < 1.29 is 27.2 Å². The summed E-state index contributed by atoms with van der Waals surface area (Å²) < 4.78 is 30.3. The van der Waals surface area contributed by atoms with Crippen LogP contribution in [-0.4, -0.2) is 45.1 Å². The summed E-state index contributed by atoms with van der Waals surface area (Å²) >= 11 is 0. The van der Waals surface area contributed by atoms with E-state index in [9.17, 15) is 18.3 Å². The minimum absolute atomic E-state index is 0.216. The van der Waals surface area contributed by atoms with Gasteiger partial charge in [0.15, 0.2) is 0 Å². The Bertz CT molecular complexity index is 308. The van der Waals surface area contributed by atoms with Crippen molar-refractivity contribution in [1.82, 2.24) is 0 Å². The molecule has 0 aromatic rings. The number of carbonyl (C=O) groups excluding carboxylic acids is 1. The van der Waals surface area contributed by atoms with E-state index in [0.29, 0.717) is 0 Å². The minimum Gasteiger partial charge on any atom is -0.465 e. The molecule has 0 fully saturated rings. The molecule has 0 saturated carbocycles. The lowest BCUT2D eigenvalue weighted by atomic mass is 10.2. The number of hydrogen-bond donors (Lipinski definition) is 1. The van der Waals surface area contributed by atoms with E-state index in [1.54, 1.807) is 0 Å². The monoisotopic (exact) mass is 254 g/mol. The summed E-state index contributed by atoms with van der Waals surface area (Å²) in [6, 6.07) is 0. The average Bonchev–Trinajstić information content (AvgIpc) is 2.10. The van der Waals surface area contributed by atoms with Crippen LogP contribution in [0.15, 0.2) is 0 Å². The molecule has 7 heteroatoms. The third-order valence-electron chi connectivity index (χ3n) is 1.45. The minimum atomic E-state index is -3.59. The molecular formula is C9H18O6S. The van der Waals surface area contributed by atoms with E-state index in [2.05, 4.69) is 4.18 Å². The van der Waals surface area contributed by atoms with Gasteiger partial charge in [0.25, 0.3) is 10.1 Å². The van der Waals surface area contributed by atoms with Gasteiger partial charge in [-0.15, -0.1) is 0 Å². The number of rotatable bonds is 7. The van der Waals surface area contributed by atoms with Gasteiger partial charge in [0, 0.05) is 0 Å². The molecular weight excluding hydrogens is 236 g/mol. The predicted molar refractivity (Wildman–Crippen MR) is 57.2 cm³/mol. The van der Waals surface area contributed by atoms with Crippen LogP contribution in [0.1, 0.15) is 20.3 Å². The number of aliphatic hydroxyl groups is 1. The van der Waals surface area contributed by atoms with E-state index in [-0.39, 0.29) is 18.9 Å². The van der Waals surface area contributed by atoms with E-state index >= 15 is 0 Å². The van der Waals surface area contributed by atoms with Crippen molar-refractivity contribution in [2.75, 3.05) is 19.5 Å². The highest BCUT2D eigenvalue weighted by molar-refractivity contribution is 7.85. The van der Waals surface area contributed by atoms with Gasteiger partial charge in [-0.2, -0.15) is 8.42 Å². The van der Waals surface area contributed by atoms with Gasteiger partial charge in [-0.05, 0) is 5.92 Å². The summed E-state index contributed by atoms with van der Waals surface area (Å²) in [5, 5.41) is 9.26. The zero-order valence-corrected chi connectivity index (χ0v) is 10.5. The molecule has 0 aromatic carbocycles. The van der Waals surface area contributed by atoms with E-state index in [4.69, 9.17) is 4.74 Å². The zero-order valence-electron chi connectivity index (χ0n) is 9.67. The first-order valence-corrected chi connectivity index (χ1v) is 6.70. The van der Waals surface area contributed by atoms with Crippen molar-refractivity contribution >= 4 is 16.1 Å². The number of hydrogen-bond acceptors (Lipinski definition) is 6. The van der Waals surface area contributed by atoms with Crippen LogP contribution in [0.5, 0.6) is 0 Å². The van der Waals surface area contributed by atoms with Crippen LogP contribution in [0.2, 0.25) is 0 Å². The maximum Gasteiger partial charge on any atom is 0.308 e. The molecule has 96 valence electrons. The normalized spacial score (nSPS) is 13.8. The van der Waals surface area contributed by atoms with Crippen molar-refractivity contribution in [1.29, 1.82) is 0 Å². The smallest absolute Gasteiger partial charge is 0.308 e. The van der Waals surface area contributed by atoms with Crippen molar-refractivity contribution in [2.45, 2.75) is 26.4 Å². The molecule has 0 aliphatic heterocycles. The second-order valence-corrected chi connectivity index (χ2v) is 5.57. The van der Waals surface area contributed by atoms with Gasteiger partial charge in [-0.3, -0.25) is 8.98 Å². The van der Waals surface area contributed by atoms with E-state index in [1.165, 1.54) is 0 Å². The summed E-state index contributed by atoms with van der Waals surface area (Å²) in [7, 11) is -3.59. The van der Waals surface area contributed by atoms with E-state index in [0.717, 1.165) is 6.26 Å². The summed E-state index contributed by atoms with van der Waals surface area (Å²) in [5.74, 6) is -0.355. The predicted octanol–water partition coefficient (Wildman–Crippen LogP) is -0.0872. The molecule has 0 spiro atoms. The van der Waals surface area contributed by atoms with Gasteiger partial charge < -0.3 is 9.84 Å². The quantitative estimate of drug-likeness (QED) is 0.504. The maximum absolute atomic E-state index is 11.1. The Hall–Kier alpha value is -0.660. The summed E-state index contributed by atoms with van der Waals surface area (Å²) in [5.41, 5.74) is 0. The first kappa shape index (κ1) is 15.3. The van der Waals surface area contributed by atoms with Gasteiger partial charge in [0.1, 0.15) is 0 Å². The lowest BCUT2D eigenvalue weighted by Gasteiger charge is -2.11. The summed E-state index contributed by atoms with van der Waals surface area (Å²) in [4.78, 5) is 11.1. The third kappa shape index (κ3) is 9.88. The molecule has 0 aliphatic carbocycles. The number of aliphatic hydroxyl groups excluding tert-OH is 1. The van der Waals surface area contributed by atoms with Gasteiger partial charge in [0.05, 0.1) is 32.0 Å². The summed E-state index contributed by atoms with van der Waals surface area (Å²) in [6.45, 7) is 3.61. The Morgan fingerprint density at radius 3 is 2.31 bits per heavy atom. The van der Waals surface area contributed by atoms with Crippen LogP contribution in [0.3, 0.4) is 0 Å². The van der Waals surface area contributed by atoms with Crippen molar-refractivity contribution in [2.24, 2.45) is 5.92 Å². The van der Waals surface area contributed by atoms with Crippen molar-refractivity contribution in [3.63, 3.8) is 0 Å². The van der Waals surface area contributed by atoms with Gasteiger partial charge in [0.2, 0.25) is 0 Å². The van der Waals surface area contributed by atoms with Gasteiger partial charge in [-0.1, -0.05) is 13.8 Å². The molecule has 0 rings (SSSR count). The Morgan fingerprint density at radius 1 is 1.31 bits per heavy atom. The molecule has 1 unspecified atom stereocenters. The largest absolute Gasteiger partial charge is 0.465 e. The highest BCUT2D eigenvalue weighted by Crippen LogP contribution is 2.00. The second kappa shape index (κ2) is 6.82. The van der Waals surface area contributed by atoms with Gasteiger partial charge >= 0.3 is 5.97 Å². The van der Waals surface area contributed by atoms with Crippen molar-refractivity contribution in [3.8, 4) is 0 Å². The molecule has 0 aromatic heterocycles. The van der Waals surface area contributed by atoms with Crippen LogP contribution in [-0.2, 0) is 23.8 Å². The molecule has 0 radical (unpaired) electrons. The van der Waals surface area contributed by atoms with Crippen LogP contribution in [0, 0.1) is 5.92 Å². The molecule has 0 amide bonds. The summed E-state index contributed by atoms with van der Waals surface area (Å²) in [6.07, 6.45) is -0.576. The van der Waals surface area contributed by atoms with E-state index < -0.39 is 28.8 Å². The van der Waals surface area contributed by atoms with Crippen LogP contribution in [0.4, 0.5) is 0 Å². The molecule has 0 bridgehead atoms. The van der Waals surface area contributed by atoms with Gasteiger partial charge in [-0.25, -0.2) is 0 Å². The van der Waals surface area contributed by atoms with Crippen LogP contribution < -0.4 is 0 Å². The Morgan fingerprint density at radius 2 is 1.88 bits per heavy atom. The second-order valence-electron chi connectivity index (χ2n) is 3.92. The van der Waals surface area contributed by atoms with E-state index in [1.807, 2.05) is 13.8 Å². The van der Waals surface area contributed by atoms with Crippen LogP contribution in [0.25, 0.3) is 0 Å².